The monoisotopic (exact) mass is 227 g/mol. The van der Waals surface area contributed by atoms with Gasteiger partial charge >= 0.3 is 0 Å². The molecule has 0 saturated heterocycles. The number of halogens is 1. The van der Waals surface area contributed by atoms with E-state index in [1.54, 1.807) is 12.1 Å². The van der Waals surface area contributed by atoms with E-state index >= 15 is 0 Å². The molecule has 0 fully saturated rings. The fourth-order valence-corrected chi connectivity index (χ4v) is 1.82. The zero-order valence-electron chi connectivity index (χ0n) is 8.65. The number of rotatable bonds is 5. The van der Waals surface area contributed by atoms with Crippen LogP contribution in [0, 0.1) is 10.1 Å². The second kappa shape index (κ2) is 5.71. The second-order valence-corrected chi connectivity index (χ2v) is 4.13. The van der Waals surface area contributed by atoms with Crippen LogP contribution in [-0.2, 0) is 6.42 Å². The minimum absolute atomic E-state index is 0.122. The van der Waals surface area contributed by atoms with Crippen LogP contribution in [0.1, 0.15) is 25.3 Å². The van der Waals surface area contributed by atoms with Crippen molar-refractivity contribution >= 4 is 17.3 Å². The Morgan fingerprint density at radius 3 is 2.47 bits per heavy atom. The lowest BCUT2D eigenvalue weighted by atomic mass is 10.1. The number of nitrogens with zero attached hydrogens (tertiary/aromatic N) is 1. The number of hydrogen-bond donors (Lipinski definition) is 0. The van der Waals surface area contributed by atoms with Gasteiger partial charge in [0.25, 0.3) is 5.69 Å². The molecule has 4 heteroatoms. The van der Waals surface area contributed by atoms with Crippen LogP contribution >= 0.6 is 11.6 Å². The highest BCUT2D eigenvalue weighted by molar-refractivity contribution is 6.20. The van der Waals surface area contributed by atoms with Gasteiger partial charge in [0.15, 0.2) is 0 Å². The number of non-ortho nitro benzene ring substituents is 1. The van der Waals surface area contributed by atoms with Crippen molar-refractivity contribution in [1.82, 2.24) is 0 Å². The largest absolute Gasteiger partial charge is 0.269 e. The molecule has 15 heavy (non-hydrogen) atoms. The topological polar surface area (TPSA) is 43.1 Å². The summed E-state index contributed by atoms with van der Waals surface area (Å²) in [5.41, 5.74) is 1.18. The maximum absolute atomic E-state index is 10.4. The van der Waals surface area contributed by atoms with Crippen LogP contribution in [0.5, 0.6) is 0 Å². The maximum Gasteiger partial charge on any atom is 0.269 e. The highest BCUT2D eigenvalue weighted by Gasteiger charge is 2.07. The molecule has 1 aromatic rings. The lowest BCUT2D eigenvalue weighted by Crippen LogP contribution is -2.02. The fraction of sp³-hybridized carbons (Fsp3) is 0.455. The van der Waals surface area contributed by atoms with Crippen molar-refractivity contribution in [2.45, 2.75) is 31.6 Å². The zero-order valence-corrected chi connectivity index (χ0v) is 9.41. The smallest absolute Gasteiger partial charge is 0.258 e. The molecule has 0 aliphatic rings. The molecule has 0 aliphatic carbocycles. The van der Waals surface area contributed by atoms with E-state index in [1.807, 2.05) is 0 Å². The Bertz CT molecular complexity index is 324. The van der Waals surface area contributed by atoms with E-state index in [4.69, 9.17) is 11.6 Å². The van der Waals surface area contributed by atoms with E-state index in [0.29, 0.717) is 0 Å². The van der Waals surface area contributed by atoms with Gasteiger partial charge < -0.3 is 0 Å². The highest BCUT2D eigenvalue weighted by Crippen LogP contribution is 2.16. The Morgan fingerprint density at radius 1 is 1.40 bits per heavy atom. The van der Waals surface area contributed by atoms with Crippen molar-refractivity contribution in [3.8, 4) is 0 Å². The van der Waals surface area contributed by atoms with Gasteiger partial charge in [0, 0.05) is 17.5 Å². The molecule has 3 nitrogen and oxygen atoms in total. The number of benzene rings is 1. The lowest BCUT2D eigenvalue weighted by molar-refractivity contribution is -0.384. The second-order valence-electron chi connectivity index (χ2n) is 3.51. The molecule has 1 aromatic carbocycles. The predicted octanol–water partition coefficient (Wildman–Crippen LogP) is 3.54. The minimum atomic E-state index is -0.395. The number of nitro benzene ring substituents is 1. The summed E-state index contributed by atoms with van der Waals surface area (Å²) in [6.45, 7) is 2.09. The van der Waals surface area contributed by atoms with Gasteiger partial charge in [-0.25, -0.2) is 0 Å². The first-order valence-electron chi connectivity index (χ1n) is 5.01. The van der Waals surface area contributed by atoms with Gasteiger partial charge in [-0.3, -0.25) is 10.1 Å². The van der Waals surface area contributed by atoms with Gasteiger partial charge in [-0.1, -0.05) is 25.5 Å². The van der Waals surface area contributed by atoms with Crippen LogP contribution in [0.15, 0.2) is 24.3 Å². The van der Waals surface area contributed by atoms with E-state index in [0.717, 1.165) is 24.8 Å². The Hall–Kier alpha value is -1.09. The van der Waals surface area contributed by atoms with Crippen molar-refractivity contribution in [2.75, 3.05) is 0 Å². The number of alkyl halides is 1. The molecule has 0 aromatic heterocycles. The van der Waals surface area contributed by atoms with E-state index in [1.165, 1.54) is 12.1 Å². The summed E-state index contributed by atoms with van der Waals surface area (Å²) in [4.78, 5) is 10.0. The zero-order chi connectivity index (χ0) is 11.3. The van der Waals surface area contributed by atoms with E-state index in [2.05, 4.69) is 6.92 Å². The summed E-state index contributed by atoms with van der Waals surface area (Å²) in [5, 5.41) is 10.5. The van der Waals surface area contributed by atoms with Gasteiger partial charge in [0.2, 0.25) is 0 Å². The third-order valence-electron chi connectivity index (χ3n) is 2.21. The van der Waals surface area contributed by atoms with Crippen LogP contribution in [-0.4, -0.2) is 10.3 Å². The first kappa shape index (κ1) is 12.0. The van der Waals surface area contributed by atoms with Gasteiger partial charge in [-0.15, -0.1) is 11.6 Å². The van der Waals surface area contributed by atoms with Crippen LogP contribution < -0.4 is 0 Å². The quantitative estimate of drug-likeness (QED) is 0.439. The third-order valence-corrected chi connectivity index (χ3v) is 2.58. The molecule has 0 saturated carbocycles. The lowest BCUT2D eigenvalue weighted by Gasteiger charge is -2.07. The van der Waals surface area contributed by atoms with Gasteiger partial charge in [0.1, 0.15) is 0 Å². The summed E-state index contributed by atoms with van der Waals surface area (Å²) in [6, 6.07) is 6.57. The first-order chi connectivity index (χ1) is 7.13. The van der Waals surface area contributed by atoms with Crippen molar-refractivity contribution < 1.29 is 4.92 Å². The van der Waals surface area contributed by atoms with E-state index < -0.39 is 4.92 Å². The molecule has 0 spiro atoms. The predicted molar refractivity (Wildman–Crippen MR) is 61.3 cm³/mol. The van der Waals surface area contributed by atoms with E-state index in [9.17, 15) is 10.1 Å². The SMILES string of the molecule is CCCC(Cl)Cc1ccc([N+](=O)[O-])cc1. The molecule has 1 atom stereocenters. The highest BCUT2D eigenvalue weighted by atomic mass is 35.5. The first-order valence-corrected chi connectivity index (χ1v) is 5.44. The third kappa shape index (κ3) is 3.88. The van der Waals surface area contributed by atoms with Crippen LogP contribution in [0.3, 0.4) is 0 Å². The molecule has 82 valence electrons. The van der Waals surface area contributed by atoms with Crippen molar-refractivity contribution in [1.29, 1.82) is 0 Å². The summed E-state index contributed by atoms with van der Waals surface area (Å²) in [6.07, 6.45) is 2.80. The van der Waals surface area contributed by atoms with Gasteiger partial charge in [0.05, 0.1) is 4.92 Å². The molecule has 1 rings (SSSR count). The minimum Gasteiger partial charge on any atom is -0.258 e. The number of hydrogen-bond acceptors (Lipinski definition) is 2. The van der Waals surface area contributed by atoms with Gasteiger partial charge in [-0.05, 0) is 18.4 Å². The van der Waals surface area contributed by atoms with Crippen LogP contribution in [0.4, 0.5) is 5.69 Å². The Labute approximate surface area is 94.2 Å². The average molecular weight is 228 g/mol. The molecular formula is C11H14ClNO2. The summed E-state index contributed by atoms with van der Waals surface area (Å²) < 4.78 is 0. The maximum atomic E-state index is 10.4. The number of nitro groups is 1. The van der Waals surface area contributed by atoms with Crippen molar-refractivity contribution in [2.24, 2.45) is 0 Å². The van der Waals surface area contributed by atoms with Crippen molar-refractivity contribution in [3.05, 3.63) is 39.9 Å². The Balaban J connectivity index is 2.60. The molecule has 0 aliphatic heterocycles. The molecule has 0 amide bonds. The molecule has 0 heterocycles. The average Bonchev–Trinajstić information content (AvgIpc) is 2.18. The molecule has 0 radical (unpaired) electrons. The summed E-state index contributed by atoms with van der Waals surface area (Å²) in [5.74, 6) is 0. The van der Waals surface area contributed by atoms with Crippen molar-refractivity contribution in [3.63, 3.8) is 0 Å². The van der Waals surface area contributed by atoms with Crippen LogP contribution in [0.25, 0.3) is 0 Å². The standard InChI is InChI=1S/C11H14ClNO2/c1-2-3-10(12)8-9-4-6-11(7-5-9)13(14)15/h4-7,10H,2-3,8H2,1H3. The molecule has 1 unspecified atom stereocenters. The van der Waals surface area contributed by atoms with Gasteiger partial charge in [-0.2, -0.15) is 0 Å². The van der Waals surface area contributed by atoms with Crippen LogP contribution in [0.2, 0.25) is 0 Å². The Kier molecular flexibility index (Phi) is 4.56. The molecule has 0 N–H and O–H groups in total. The summed E-state index contributed by atoms with van der Waals surface area (Å²) >= 11 is 6.08. The fourth-order valence-electron chi connectivity index (χ4n) is 1.42. The normalized spacial score (nSPS) is 12.4. The molecule has 0 bridgehead atoms. The Morgan fingerprint density at radius 2 is 2.00 bits per heavy atom. The van der Waals surface area contributed by atoms with E-state index in [-0.39, 0.29) is 11.1 Å². The summed E-state index contributed by atoms with van der Waals surface area (Å²) in [7, 11) is 0. The molecular weight excluding hydrogens is 214 g/mol.